The maximum absolute atomic E-state index is 5.61. The van der Waals surface area contributed by atoms with E-state index in [2.05, 4.69) is 77.0 Å². The Morgan fingerprint density at radius 3 is 2.50 bits per heavy atom. The van der Waals surface area contributed by atoms with Crippen LogP contribution in [0.25, 0.3) is 22.4 Å². The van der Waals surface area contributed by atoms with Gasteiger partial charge in [0.25, 0.3) is 0 Å². The van der Waals surface area contributed by atoms with Gasteiger partial charge in [0.2, 0.25) is 0 Å². The van der Waals surface area contributed by atoms with Crippen molar-refractivity contribution in [1.82, 2.24) is 19.8 Å². The van der Waals surface area contributed by atoms with Crippen LogP contribution < -0.4 is 9.64 Å². The zero-order valence-electron chi connectivity index (χ0n) is 18.6. The smallest absolute Gasteiger partial charge is 0.138 e. The van der Waals surface area contributed by atoms with Gasteiger partial charge in [0, 0.05) is 49.5 Å². The molecule has 0 unspecified atom stereocenters. The summed E-state index contributed by atoms with van der Waals surface area (Å²) in [5.41, 5.74) is 5.64. The summed E-state index contributed by atoms with van der Waals surface area (Å²) in [7, 11) is 3.92. The number of likely N-dealkylation sites (N-methyl/N-ethyl adjacent to an activating group) is 1. The van der Waals surface area contributed by atoms with Crippen molar-refractivity contribution in [2.45, 2.75) is 20.4 Å². The third-order valence-electron chi connectivity index (χ3n) is 6.18. The summed E-state index contributed by atoms with van der Waals surface area (Å²) < 4.78 is 5.61. The Morgan fingerprint density at radius 2 is 1.80 bits per heavy atom. The molecule has 160 valence electrons. The Balaban J connectivity index is 1.62. The van der Waals surface area contributed by atoms with Crippen LogP contribution in [-0.2, 0) is 6.54 Å². The average molecular weight is 408 g/mol. The summed E-state index contributed by atoms with van der Waals surface area (Å²) in [6, 6.07) is 12.9. The van der Waals surface area contributed by atoms with Crippen molar-refractivity contribution >= 4 is 16.7 Å². The molecule has 1 N–H and O–H groups in total. The molecule has 1 aromatic heterocycles. The second-order valence-corrected chi connectivity index (χ2v) is 8.07. The van der Waals surface area contributed by atoms with Crippen LogP contribution >= 0.6 is 0 Å². The van der Waals surface area contributed by atoms with Gasteiger partial charge in [-0.2, -0.15) is 0 Å². The fraction of sp³-hybridized carbons (Fsp3) is 0.458. The normalized spacial score (nSPS) is 15.3. The van der Waals surface area contributed by atoms with Gasteiger partial charge in [0.1, 0.15) is 11.6 Å². The number of hydrogen-bond acceptors (Lipinski definition) is 5. The lowest BCUT2D eigenvalue weighted by Gasteiger charge is -2.34. The quantitative estimate of drug-likeness (QED) is 0.645. The fourth-order valence-electron chi connectivity index (χ4n) is 4.13. The number of piperazine rings is 1. The number of H-pyrrole nitrogens is 1. The van der Waals surface area contributed by atoms with Crippen LogP contribution in [0.2, 0.25) is 0 Å². The highest BCUT2D eigenvalue weighted by molar-refractivity contribution is 5.83. The molecule has 1 aliphatic heterocycles. The molecule has 1 aliphatic rings. The van der Waals surface area contributed by atoms with E-state index in [4.69, 9.17) is 9.72 Å². The van der Waals surface area contributed by atoms with Crippen LogP contribution in [0.4, 0.5) is 5.69 Å². The van der Waals surface area contributed by atoms with Gasteiger partial charge in [-0.15, -0.1) is 0 Å². The molecule has 30 heavy (non-hydrogen) atoms. The average Bonchev–Trinajstić information content (AvgIpc) is 3.21. The number of nitrogens with one attached hydrogen (secondary N) is 1. The molecule has 1 fully saturated rings. The molecule has 2 heterocycles. The Bertz CT molecular complexity index is 986. The number of ether oxygens (including phenoxy) is 1. The molecule has 0 bridgehead atoms. The Kier molecular flexibility index (Phi) is 6.25. The van der Waals surface area contributed by atoms with Gasteiger partial charge in [-0.05, 0) is 56.5 Å². The predicted octanol–water partition coefficient (Wildman–Crippen LogP) is 3.83. The molecular formula is C24H33N5O. The van der Waals surface area contributed by atoms with Crippen LogP contribution in [0.3, 0.4) is 0 Å². The molecule has 0 atom stereocenters. The Labute approximate surface area is 179 Å². The summed E-state index contributed by atoms with van der Waals surface area (Å²) in [5, 5.41) is 0. The second-order valence-electron chi connectivity index (χ2n) is 8.07. The van der Waals surface area contributed by atoms with E-state index in [0.717, 1.165) is 74.0 Å². The zero-order chi connectivity index (χ0) is 21.1. The van der Waals surface area contributed by atoms with E-state index >= 15 is 0 Å². The highest BCUT2D eigenvalue weighted by Gasteiger charge is 2.16. The number of benzene rings is 2. The van der Waals surface area contributed by atoms with Crippen molar-refractivity contribution in [3.05, 3.63) is 42.0 Å². The van der Waals surface area contributed by atoms with Crippen molar-refractivity contribution < 1.29 is 4.74 Å². The molecule has 6 heteroatoms. The van der Waals surface area contributed by atoms with Gasteiger partial charge in [0.05, 0.1) is 18.1 Å². The summed E-state index contributed by atoms with van der Waals surface area (Å²) in [5.74, 6) is 1.84. The predicted molar refractivity (Wildman–Crippen MR) is 124 cm³/mol. The summed E-state index contributed by atoms with van der Waals surface area (Å²) >= 11 is 0. The number of imidazole rings is 1. The number of rotatable bonds is 7. The van der Waals surface area contributed by atoms with E-state index in [1.54, 1.807) is 7.11 Å². The maximum Gasteiger partial charge on any atom is 0.138 e. The number of aromatic amines is 1. The molecule has 0 aliphatic carbocycles. The van der Waals surface area contributed by atoms with Crippen LogP contribution in [0.5, 0.6) is 5.75 Å². The SMILES string of the molecule is CCN(CC)Cc1cc(-c2nc3ccc(N4CCN(C)CC4)cc3[nH]2)ccc1OC. The number of nitrogens with zero attached hydrogens (tertiary/aromatic N) is 4. The molecule has 0 spiro atoms. The number of fused-ring (bicyclic) bond motifs is 1. The van der Waals surface area contributed by atoms with Gasteiger partial charge in [-0.25, -0.2) is 4.98 Å². The zero-order valence-corrected chi connectivity index (χ0v) is 18.6. The van der Waals surface area contributed by atoms with E-state index in [1.165, 1.54) is 11.3 Å². The topological polar surface area (TPSA) is 47.6 Å². The molecule has 0 radical (unpaired) electrons. The van der Waals surface area contributed by atoms with Crippen molar-refractivity contribution in [2.24, 2.45) is 0 Å². The van der Waals surface area contributed by atoms with E-state index < -0.39 is 0 Å². The Hall–Kier alpha value is -2.57. The van der Waals surface area contributed by atoms with Gasteiger partial charge < -0.3 is 19.5 Å². The molecule has 3 aromatic rings. The Morgan fingerprint density at radius 1 is 1.03 bits per heavy atom. The third kappa shape index (κ3) is 4.30. The van der Waals surface area contributed by atoms with Gasteiger partial charge in [0.15, 0.2) is 0 Å². The van der Waals surface area contributed by atoms with Crippen molar-refractivity contribution in [1.29, 1.82) is 0 Å². The van der Waals surface area contributed by atoms with Crippen LogP contribution in [-0.4, -0.2) is 73.2 Å². The van der Waals surface area contributed by atoms with E-state index in [9.17, 15) is 0 Å². The van der Waals surface area contributed by atoms with E-state index in [-0.39, 0.29) is 0 Å². The minimum absolute atomic E-state index is 0.873. The van der Waals surface area contributed by atoms with Gasteiger partial charge in [-0.1, -0.05) is 13.8 Å². The minimum Gasteiger partial charge on any atom is -0.496 e. The molecule has 2 aromatic carbocycles. The molecule has 0 saturated carbocycles. The van der Waals surface area contributed by atoms with Crippen LogP contribution in [0.15, 0.2) is 36.4 Å². The number of anilines is 1. The first-order valence-electron chi connectivity index (χ1n) is 10.9. The van der Waals surface area contributed by atoms with Crippen LogP contribution in [0.1, 0.15) is 19.4 Å². The lowest BCUT2D eigenvalue weighted by Crippen LogP contribution is -2.44. The summed E-state index contributed by atoms with van der Waals surface area (Å²) in [6.45, 7) is 11.6. The van der Waals surface area contributed by atoms with E-state index in [0.29, 0.717) is 0 Å². The molecule has 1 saturated heterocycles. The number of aromatic nitrogens is 2. The summed E-state index contributed by atoms with van der Waals surface area (Å²) in [4.78, 5) is 15.6. The third-order valence-corrected chi connectivity index (χ3v) is 6.18. The molecule has 6 nitrogen and oxygen atoms in total. The minimum atomic E-state index is 0.873. The first kappa shape index (κ1) is 20.7. The second kappa shape index (κ2) is 9.06. The number of hydrogen-bond donors (Lipinski definition) is 1. The summed E-state index contributed by atoms with van der Waals surface area (Å²) in [6.07, 6.45) is 0. The van der Waals surface area contributed by atoms with Crippen molar-refractivity contribution in [2.75, 3.05) is 58.3 Å². The van der Waals surface area contributed by atoms with Gasteiger partial charge in [-0.3, -0.25) is 4.90 Å². The monoisotopic (exact) mass is 407 g/mol. The van der Waals surface area contributed by atoms with E-state index in [1.807, 2.05) is 0 Å². The van der Waals surface area contributed by atoms with Crippen molar-refractivity contribution in [3.8, 4) is 17.1 Å². The first-order valence-corrected chi connectivity index (χ1v) is 10.9. The lowest BCUT2D eigenvalue weighted by molar-refractivity contribution is 0.289. The number of methoxy groups -OCH3 is 1. The highest BCUT2D eigenvalue weighted by atomic mass is 16.5. The van der Waals surface area contributed by atoms with Crippen molar-refractivity contribution in [3.63, 3.8) is 0 Å². The molecular weight excluding hydrogens is 374 g/mol. The van der Waals surface area contributed by atoms with Crippen LogP contribution in [0, 0.1) is 0 Å². The largest absolute Gasteiger partial charge is 0.496 e. The first-order chi connectivity index (χ1) is 14.6. The van der Waals surface area contributed by atoms with Gasteiger partial charge >= 0.3 is 0 Å². The molecule has 4 rings (SSSR count). The fourth-order valence-corrected chi connectivity index (χ4v) is 4.13. The standard InChI is InChI=1S/C24H33N5O/c1-5-28(6-2)17-19-15-18(7-10-23(19)30-4)24-25-21-9-8-20(16-22(21)26-24)29-13-11-27(3)12-14-29/h7-10,15-16H,5-6,11-14,17H2,1-4H3,(H,25,26). The maximum atomic E-state index is 5.61. The molecule has 0 amide bonds. The highest BCUT2D eigenvalue weighted by Crippen LogP contribution is 2.29. The lowest BCUT2D eigenvalue weighted by atomic mass is 10.1.